The van der Waals surface area contributed by atoms with Gasteiger partial charge in [0.1, 0.15) is 5.60 Å². The molecule has 0 bridgehead atoms. The minimum absolute atomic E-state index is 0.0194. The summed E-state index contributed by atoms with van der Waals surface area (Å²) >= 11 is 0. The highest BCUT2D eigenvalue weighted by Gasteiger charge is 2.34. The molecule has 0 unspecified atom stereocenters. The number of carbonyl (C=O) groups is 1. The van der Waals surface area contributed by atoms with E-state index in [9.17, 15) is 4.79 Å². The highest BCUT2D eigenvalue weighted by atomic mass is 16.6. The van der Waals surface area contributed by atoms with Gasteiger partial charge in [0.25, 0.3) is 0 Å². The van der Waals surface area contributed by atoms with Gasteiger partial charge in [-0.15, -0.1) is 0 Å². The summed E-state index contributed by atoms with van der Waals surface area (Å²) in [5.41, 5.74) is -0.133. The molecule has 0 aromatic carbocycles. The SMILES string of the molecule is CCCCC[C@]1(C)CCC(=O)O1. The molecule has 0 spiro atoms. The van der Waals surface area contributed by atoms with Gasteiger partial charge in [-0.3, -0.25) is 4.79 Å². The van der Waals surface area contributed by atoms with Gasteiger partial charge < -0.3 is 4.74 Å². The first kappa shape index (κ1) is 9.56. The molecule has 1 fully saturated rings. The predicted octanol–water partition coefficient (Wildman–Crippen LogP) is 2.66. The van der Waals surface area contributed by atoms with E-state index in [0.717, 1.165) is 12.8 Å². The summed E-state index contributed by atoms with van der Waals surface area (Å²) < 4.78 is 5.26. The number of esters is 1. The third kappa shape index (κ3) is 2.50. The summed E-state index contributed by atoms with van der Waals surface area (Å²) in [4.78, 5) is 10.9. The van der Waals surface area contributed by atoms with E-state index in [1.165, 1.54) is 19.3 Å². The molecular weight excluding hydrogens is 152 g/mol. The standard InChI is InChI=1S/C10H18O2/c1-3-4-5-7-10(2)8-6-9(11)12-10/h3-8H2,1-2H3/t10-/m1/s1. The van der Waals surface area contributed by atoms with Crippen molar-refractivity contribution in [2.45, 2.75) is 58.0 Å². The number of unbranched alkanes of at least 4 members (excludes halogenated alkanes) is 2. The van der Waals surface area contributed by atoms with Gasteiger partial charge in [-0.1, -0.05) is 19.8 Å². The molecule has 0 aromatic heterocycles. The first-order chi connectivity index (χ1) is 5.66. The molecule has 2 nitrogen and oxygen atoms in total. The van der Waals surface area contributed by atoms with Crippen LogP contribution in [0.1, 0.15) is 52.4 Å². The predicted molar refractivity (Wildman–Crippen MR) is 47.9 cm³/mol. The molecule has 1 aliphatic rings. The third-order valence-electron chi connectivity index (χ3n) is 2.53. The summed E-state index contributed by atoms with van der Waals surface area (Å²) in [7, 11) is 0. The van der Waals surface area contributed by atoms with Crippen LogP contribution in [0, 0.1) is 0 Å². The van der Waals surface area contributed by atoms with Crippen LogP contribution in [0.15, 0.2) is 0 Å². The average Bonchev–Trinajstić information content (AvgIpc) is 2.32. The fourth-order valence-electron chi connectivity index (χ4n) is 1.67. The van der Waals surface area contributed by atoms with Gasteiger partial charge in [-0.2, -0.15) is 0 Å². The van der Waals surface area contributed by atoms with E-state index >= 15 is 0 Å². The maximum Gasteiger partial charge on any atom is 0.306 e. The fraction of sp³-hybridized carbons (Fsp3) is 0.900. The van der Waals surface area contributed by atoms with E-state index < -0.39 is 0 Å². The number of carbonyl (C=O) groups excluding carboxylic acids is 1. The molecule has 0 radical (unpaired) electrons. The lowest BCUT2D eigenvalue weighted by atomic mass is 9.95. The number of hydrogen-bond acceptors (Lipinski definition) is 2. The Balaban J connectivity index is 2.25. The average molecular weight is 170 g/mol. The lowest BCUT2D eigenvalue weighted by Crippen LogP contribution is -2.23. The third-order valence-corrected chi connectivity index (χ3v) is 2.53. The lowest BCUT2D eigenvalue weighted by Gasteiger charge is -2.21. The van der Waals surface area contributed by atoms with E-state index in [0.29, 0.717) is 6.42 Å². The molecule has 0 aromatic rings. The molecule has 0 saturated carbocycles. The highest BCUT2D eigenvalue weighted by Crippen LogP contribution is 2.30. The Bertz CT molecular complexity index is 165. The van der Waals surface area contributed by atoms with E-state index in [-0.39, 0.29) is 11.6 Å². The molecule has 1 rings (SSSR count). The van der Waals surface area contributed by atoms with Gasteiger partial charge in [-0.05, 0) is 26.2 Å². The minimum Gasteiger partial charge on any atom is -0.459 e. The molecule has 1 atom stereocenters. The maximum absolute atomic E-state index is 10.9. The van der Waals surface area contributed by atoms with Crippen LogP contribution in [0.25, 0.3) is 0 Å². The van der Waals surface area contributed by atoms with Crippen molar-refractivity contribution < 1.29 is 9.53 Å². The van der Waals surface area contributed by atoms with Crippen molar-refractivity contribution in [3.63, 3.8) is 0 Å². The summed E-state index contributed by atoms with van der Waals surface area (Å²) in [6, 6.07) is 0. The molecule has 0 amide bonds. The van der Waals surface area contributed by atoms with Crippen molar-refractivity contribution in [2.24, 2.45) is 0 Å². The van der Waals surface area contributed by atoms with Crippen LogP contribution in [0.5, 0.6) is 0 Å². The number of hydrogen-bond donors (Lipinski definition) is 0. The number of ether oxygens (including phenoxy) is 1. The van der Waals surface area contributed by atoms with Crippen molar-refractivity contribution in [2.75, 3.05) is 0 Å². The first-order valence-corrected chi connectivity index (χ1v) is 4.88. The zero-order chi connectivity index (χ0) is 9.03. The summed E-state index contributed by atoms with van der Waals surface area (Å²) in [6.07, 6.45) is 6.21. The van der Waals surface area contributed by atoms with Crippen molar-refractivity contribution in [1.82, 2.24) is 0 Å². The molecule has 70 valence electrons. The quantitative estimate of drug-likeness (QED) is 0.479. The zero-order valence-electron chi connectivity index (χ0n) is 8.06. The van der Waals surface area contributed by atoms with Crippen LogP contribution in [0.3, 0.4) is 0 Å². The Morgan fingerprint density at radius 2 is 2.25 bits per heavy atom. The normalized spacial score (nSPS) is 29.0. The smallest absolute Gasteiger partial charge is 0.306 e. The van der Waals surface area contributed by atoms with Gasteiger partial charge in [0.2, 0.25) is 0 Å². The van der Waals surface area contributed by atoms with Crippen LogP contribution < -0.4 is 0 Å². The van der Waals surface area contributed by atoms with Crippen LogP contribution in [-0.4, -0.2) is 11.6 Å². The molecule has 12 heavy (non-hydrogen) atoms. The van der Waals surface area contributed by atoms with E-state index in [4.69, 9.17) is 4.74 Å². The van der Waals surface area contributed by atoms with E-state index in [2.05, 4.69) is 6.92 Å². The Hall–Kier alpha value is -0.530. The maximum atomic E-state index is 10.9. The summed E-state index contributed by atoms with van der Waals surface area (Å²) in [5, 5.41) is 0. The van der Waals surface area contributed by atoms with Crippen LogP contribution in [0.4, 0.5) is 0 Å². The highest BCUT2D eigenvalue weighted by molar-refractivity contribution is 5.72. The minimum atomic E-state index is -0.133. The second-order valence-corrected chi connectivity index (χ2v) is 3.88. The van der Waals surface area contributed by atoms with Gasteiger partial charge in [0, 0.05) is 6.42 Å². The van der Waals surface area contributed by atoms with Crippen LogP contribution in [0.2, 0.25) is 0 Å². The van der Waals surface area contributed by atoms with Gasteiger partial charge in [-0.25, -0.2) is 0 Å². The fourth-order valence-corrected chi connectivity index (χ4v) is 1.67. The lowest BCUT2D eigenvalue weighted by molar-refractivity contribution is -0.147. The Morgan fingerprint density at radius 1 is 1.50 bits per heavy atom. The molecular formula is C10H18O2. The monoisotopic (exact) mass is 170 g/mol. The number of rotatable bonds is 4. The largest absolute Gasteiger partial charge is 0.459 e. The molecule has 1 aliphatic heterocycles. The second kappa shape index (κ2) is 3.92. The van der Waals surface area contributed by atoms with Crippen molar-refractivity contribution >= 4 is 5.97 Å². The Labute approximate surface area is 74.3 Å². The Kier molecular flexibility index (Phi) is 3.12. The van der Waals surface area contributed by atoms with Crippen molar-refractivity contribution in [1.29, 1.82) is 0 Å². The van der Waals surface area contributed by atoms with Gasteiger partial charge in [0.05, 0.1) is 0 Å². The molecule has 1 heterocycles. The molecule has 0 aliphatic carbocycles. The summed E-state index contributed by atoms with van der Waals surface area (Å²) in [5.74, 6) is -0.0194. The zero-order valence-corrected chi connectivity index (χ0v) is 8.06. The molecule has 2 heteroatoms. The topological polar surface area (TPSA) is 26.3 Å². The Morgan fingerprint density at radius 3 is 2.75 bits per heavy atom. The van der Waals surface area contributed by atoms with Gasteiger partial charge >= 0.3 is 5.97 Å². The van der Waals surface area contributed by atoms with Gasteiger partial charge in [0.15, 0.2) is 0 Å². The molecule has 1 saturated heterocycles. The van der Waals surface area contributed by atoms with E-state index in [1.807, 2.05) is 6.92 Å². The van der Waals surface area contributed by atoms with Crippen molar-refractivity contribution in [3.8, 4) is 0 Å². The van der Waals surface area contributed by atoms with Crippen LogP contribution in [-0.2, 0) is 9.53 Å². The number of cyclic esters (lactones) is 1. The second-order valence-electron chi connectivity index (χ2n) is 3.88. The molecule has 0 N–H and O–H groups in total. The van der Waals surface area contributed by atoms with E-state index in [1.54, 1.807) is 0 Å². The summed E-state index contributed by atoms with van der Waals surface area (Å²) in [6.45, 7) is 4.23. The van der Waals surface area contributed by atoms with Crippen LogP contribution >= 0.6 is 0 Å². The first-order valence-electron chi connectivity index (χ1n) is 4.88. The van der Waals surface area contributed by atoms with Crippen molar-refractivity contribution in [3.05, 3.63) is 0 Å².